The molecular formula is C16H25NO2. The molecule has 1 heterocycles. The zero-order valence-electron chi connectivity index (χ0n) is 12.0. The average molecular weight is 263 g/mol. The second-order valence-electron chi connectivity index (χ2n) is 5.12. The van der Waals surface area contributed by atoms with Gasteiger partial charge in [-0.05, 0) is 38.3 Å². The van der Waals surface area contributed by atoms with Crippen LogP contribution < -0.4 is 10.1 Å². The second-order valence-corrected chi connectivity index (χ2v) is 5.12. The molecule has 2 unspecified atom stereocenters. The molecule has 3 heteroatoms. The molecule has 0 bridgehead atoms. The van der Waals surface area contributed by atoms with Crippen molar-refractivity contribution in [3.63, 3.8) is 0 Å². The van der Waals surface area contributed by atoms with Gasteiger partial charge in [0.2, 0.25) is 0 Å². The van der Waals surface area contributed by atoms with Gasteiger partial charge in [0.05, 0.1) is 13.2 Å². The van der Waals surface area contributed by atoms with Crippen molar-refractivity contribution < 1.29 is 9.47 Å². The lowest BCUT2D eigenvalue weighted by Gasteiger charge is -2.23. The Kier molecular flexibility index (Phi) is 5.67. The highest BCUT2D eigenvalue weighted by atomic mass is 16.5. The molecule has 0 radical (unpaired) electrons. The van der Waals surface area contributed by atoms with Crippen molar-refractivity contribution in [3.05, 3.63) is 29.8 Å². The summed E-state index contributed by atoms with van der Waals surface area (Å²) in [5.74, 6) is 0.967. The maximum Gasteiger partial charge on any atom is 0.123 e. The maximum atomic E-state index is 5.78. The van der Waals surface area contributed by atoms with Crippen molar-refractivity contribution in [1.82, 2.24) is 5.32 Å². The Hall–Kier alpha value is -1.06. The third-order valence-corrected chi connectivity index (χ3v) is 3.68. The van der Waals surface area contributed by atoms with Crippen LogP contribution in [0.3, 0.4) is 0 Å². The number of nitrogens with one attached hydrogen (secondary N) is 1. The van der Waals surface area contributed by atoms with E-state index in [0.717, 1.165) is 31.7 Å². The lowest BCUT2D eigenvalue weighted by molar-refractivity contribution is 0.0943. The number of methoxy groups -OCH3 is 1. The van der Waals surface area contributed by atoms with Gasteiger partial charge in [-0.1, -0.05) is 25.1 Å². The molecule has 1 fully saturated rings. The molecule has 19 heavy (non-hydrogen) atoms. The number of hydrogen-bond acceptors (Lipinski definition) is 3. The van der Waals surface area contributed by atoms with Gasteiger partial charge in [-0.3, -0.25) is 0 Å². The molecule has 106 valence electrons. The van der Waals surface area contributed by atoms with E-state index in [1.165, 1.54) is 18.4 Å². The fourth-order valence-electron chi connectivity index (χ4n) is 2.69. The van der Waals surface area contributed by atoms with Crippen LogP contribution in [-0.2, 0) is 4.74 Å². The van der Waals surface area contributed by atoms with Gasteiger partial charge in [0, 0.05) is 18.2 Å². The van der Waals surface area contributed by atoms with Crippen LogP contribution in [-0.4, -0.2) is 26.4 Å². The average Bonchev–Trinajstić information content (AvgIpc) is 2.96. The van der Waals surface area contributed by atoms with E-state index in [0.29, 0.717) is 12.1 Å². The standard InChI is InChI=1S/C16H25NO2/c1-3-10-17-15(12-13-7-6-11-19-13)14-8-4-5-9-16(14)18-2/h4-5,8-9,13,15,17H,3,6-7,10-12H2,1-2H3. The van der Waals surface area contributed by atoms with Crippen molar-refractivity contribution in [2.24, 2.45) is 0 Å². The van der Waals surface area contributed by atoms with E-state index in [1.807, 2.05) is 12.1 Å². The summed E-state index contributed by atoms with van der Waals surface area (Å²) in [6.07, 6.45) is 4.92. The molecule has 1 aliphatic heterocycles. The van der Waals surface area contributed by atoms with Gasteiger partial charge in [-0.2, -0.15) is 0 Å². The first-order valence-electron chi connectivity index (χ1n) is 7.33. The Morgan fingerprint density at radius 2 is 2.26 bits per heavy atom. The van der Waals surface area contributed by atoms with Crippen LogP contribution in [0.4, 0.5) is 0 Å². The van der Waals surface area contributed by atoms with Crippen LogP contribution >= 0.6 is 0 Å². The second kappa shape index (κ2) is 7.51. The van der Waals surface area contributed by atoms with Gasteiger partial charge < -0.3 is 14.8 Å². The highest BCUT2D eigenvalue weighted by Gasteiger charge is 2.23. The Bertz CT molecular complexity index is 375. The van der Waals surface area contributed by atoms with Gasteiger partial charge in [0.25, 0.3) is 0 Å². The summed E-state index contributed by atoms with van der Waals surface area (Å²) in [5, 5.41) is 3.63. The molecule has 0 amide bonds. The number of benzene rings is 1. The van der Waals surface area contributed by atoms with Crippen LogP contribution in [0.15, 0.2) is 24.3 Å². The Morgan fingerprint density at radius 1 is 1.42 bits per heavy atom. The number of rotatable bonds is 7. The number of ether oxygens (including phenoxy) is 2. The molecule has 1 N–H and O–H groups in total. The van der Waals surface area contributed by atoms with Crippen molar-refractivity contribution in [1.29, 1.82) is 0 Å². The SMILES string of the molecule is CCCNC(CC1CCCO1)c1ccccc1OC. The third kappa shape index (κ3) is 3.95. The van der Waals surface area contributed by atoms with E-state index in [2.05, 4.69) is 24.4 Å². The van der Waals surface area contributed by atoms with Gasteiger partial charge in [-0.25, -0.2) is 0 Å². The smallest absolute Gasteiger partial charge is 0.123 e. The molecule has 0 spiro atoms. The molecule has 1 aromatic carbocycles. The molecule has 0 aliphatic carbocycles. The summed E-state index contributed by atoms with van der Waals surface area (Å²) in [7, 11) is 1.74. The Morgan fingerprint density at radius 3 is 2.95 bits per heavy atom. The highest BCUT2D eigenvalue weighted by Crippen LogP contribution is 2.30. The first-order chi connectivity index (χ1) is 9.35. The van der Waals surface area contributed by atoms with Gasteiger partial charge in [-0.15, -0.1) is 0 Å². The topological polar surface area (TPSA) is 30.5 Å². The number of hydrogen-bond donors (Lipinski definition) is 1. The summed E-state index contributed by atoms with van der Waals surface area (Å²) in [6.45, 7) is 4.13. The quantitative estimate of drug-likeness (QED) is 0.818. The minimum atomic E-state index is 0.319. The predicted molar refractivity (Wildman–Crippen MR) is 77.6 cm³/mol. The van der Waals surface area contributed by atoms with E-state index in [-0.39, 0.29) is 0 Å². The molecule has 1 aliphatic rings. The van der Waals surface area contributed by atoms with E-state index in [9.17, 15) is 0 Å². The van der Waals surface area contributed by atoms with Gasteiger partial charge in [0.1, 0.15) is 5.75 Å². The van der Waals surface area contributed by atoms with Gasteiger partial charge in [0.15, 0.2) is 0 Å². The molecular weight excluding hydrogens is 238 g/mol. The summed E-state index contributed by atoms with van der Waals surface area (Å²) in [4.78, 5) is 0. The zero-order chi connectivity index (χ0) is 13.5. The fraction of sp³-hybridized carbons (Fsp3) is 0.625. The molecule has 2 rings (SSSR count). The first-order valence-corrected chi connectivity index (χ1v) is 7.33. The van der Waals surface area contributed by atoms with Crippen molar-refractivity contribution >= 4 is 0 Å². The van der Waals surface area contributed by atoms with E-state index in [4.69, 9.17) is 9.47 Å². The van der Waals surface area contributed by atoms with Crippen LogP contribution in [0.1, 0.15) is 44.2 Å². The minimum absolute atomic E-state index is 0.319. The largest absolute Gasteiger partial charge is 0.496 e. The normalized spacial score (nSPS) is 20.4. The predicted octanol–water partition coefficient (Wildman–Crippen LogP) is 3.31. The molecule has 0 saturated carbocycles. The highest BCUT2D eigenvalue weighted by molar-refractivity contribution is 5.36. The molecule has 0 aromatic heterocycles. The van der Waals surface area contributed by atoms with Crippen LogP contribution in [0, 0.1) is 0 Å². The molecule has 3 nitrogen and oxygen atoms in total. The third-order valence-electron chi connectivity index (χ3n) is 3.68. The summed E-state index contributed by atoms with van der Waals surface area (Å²) in [6, 6.07) is 8.60. The van der Waals surface area contributed by atoms with Crippen LogP contribution in [0.25, 0.3) is 0 Å². The van der Waals surface area contributed by atoms with E-state index < -0.39 is 0 Å². The summed E-state index contributed by atoms with van der Waals surface area (Å²) in [5.41, 5.74) is 1.24. The summed E-state index contributed by atoms with van der Waals surface area (Å²) < 4.78 is 11.3. The Labute approximate surface area is 116 Å². The number of para-hydroxylation sites is 1. The van der Waals surface area contributed by atoms with Crippen LogP contribution in [0.5, 0.6) is 5.75 Å². The van der Waals surface area contributed by atoms with Crippen molar-refractivity contribution in [2.45, 2.75) is 44.8 Å². The van der Waals surface area contributed by atoms with Crippen molar-refractivity contribution in [2.75, 3.05) is 20.3 Å². The first kappa shape index (κ1) is 14.4. The molecule has 2 atom stereocenters. The van der Waals surface area contributed by atoms with Crippen molar-refractivity contribution in [3.8, 4) is 5.75 Å². The molecule has 1 saturated heterocycles. The molecule has 1 aromatic rings. The van der Waals surface area contributed by atoms with E-state index in [1.54, 1.807) is 7.11 Å². The fourth-order valence-corrected chi connectivity index (χ4v) is 2.69. The lowest BCUT2D eigenvalue weighted by Crippen LogP contribution is -2.26. The summed E-state index contributed by atoms with van der Waals surface area (Å²) >= 11 is 0. The Balaban J connectivity index is 2.10. The lowest BCUT2D eigenvalue weighted by atomic mass is 9.98. The van der Waals surface area contributed by atoms with Crippen LogP contribution in [0.2, 0.25) is 0 Å². The zero-order valence-corrected chi connectivity index (χ0v) is 12.0. The monoisotopic (exact) mass is 263 g/mol. The van der Waals surface area contributed by atoms with Gasteiger partial charge >= 0.3 is 0 Å². The maximum absolute atomic E-state index is 5.78. The minimum Gasteiger partial charge on any atom is -0.496 e. The van der Waals surface area contributed by atoms with E-state index >= 15 is 0 Å².